The topological polar surface area (TPSA) is 38.7 Å². The lowest BCUT2D eigenvalue weighted by Gasteiger charge is -2.15. The summed E-state index contributed by atoms with van der Waals surface area (Å²) in [6.07, 6.45) is -1.37. The summed E-state index contributed by atoms with van der Waals surface area (Å²) < 4.78 is 38.1. The monoisotopic (exact) mass is 292 g/mol. The molecule has 5 heteroatoms. The van der Waals surface area contributed by atoms with Crippen molar-refractivity contribution in [3.63, 3.8) is 0 Å². The Morgan fingerprint density at radius 3 is 2.43 bits per heavy atom. The maximum absolute atomic E-state index is 14.0. The van der Waals surface area contributed by atoms with Gasteiger partial charge >= 0.3 is 0 Å². The second kappa shape index (κ2) is 5.42. The molecule has 1 aliphatic heterocycles. The Kier molecular flexibility index (Phi) is 3.61. The number of ether oxygens (including phenoxy) is 2. The predicted octanol–water partition coefficient (Wildman–Crippen LogP) is 3.09. The van der Waals surface area contributed by atoms with Gasteiger partial charge in [0.25, 0.3) is 0 Å². The van der Waals surface area contributed by atoms with Crippen LogP contribution in [0.4, 0.5) is 8.78 Å². The van der Waals surface area contributed by atoms with E-state index >= 15 is 0 Å². The highest BCUT2D eigenvalue weighted by atomic mass is 19.1. The summed E-state index contributed by atoms with van der Waals surface area (Å²) in [6, 6.07) is 7.29. The fourth-order valence-electron chi connectivity index (χ4n) is 2.47. The van der Waals surface area contributed by atoms with Crippen molar-refractivity contribution in [2.75, 3.05) is 7.11 Å². The third-order valence-electron chi connectivity index (χ3n) is 3.62. The highest BCUT2D eigenvalue weighted by Gasteiger charge is 2.22. The van der Waals surface area contributed by atoms with Crippen LogP contribution in [0.1, 0.15) is 28.4 Å². The van der Waals surface area contributed by atoms with Gasteiger partial charge in [0.15, 0.2) is 0 Å². The zero-order valence-corrected chi connectivity index (χ0v) is 11.4. The van der Waals surface area contributed by atoms with Crippen LogP contribution in [0.3, 0.4) is 0 Å². The first-order valence-corrected chi connectivity index (χ1v) is 6.50. The van der Waals surface area contributed by atoms with Crippen LogP contribution in [0.5, 0.6) is 5.75 Å². The number of halogens is 2. The summed E-state index contributed by atoms with van der Waals surface area (Å²) in [6.45, 7) is 0.973. The molecule has 0 spiro atoms. The second-order valence-electron chi connectivity index (χ2n) is 4.93. The van der Waals surface area contributed by atoms with Gasteiger partial charge in [-0.05, 0) is 16.7 Å². The van der Waals surface area contributed by atoms with Gasteiger partial charge in [0, 0.05) is 12.1 Å². The second-order valence-corrected chi connectivity index (χ2v) is 4.93. The van der Waals surface area contributed by atoms with E-state index in [1.54, 1.807) is 18.2 Å². The van der Waals surface area contributed by atoms with Crippen LogP contribution in [0.15, 0.2) is 30.3 Å². The molecule has 1 N–H and O–H groups in total. The molecular weight excluding hydrogens is 278 g/mol. The summed E-state index contributed by atoms with van der Waals surface area (Å²) in [5, 5.41) is 10.3. The van der Waals surface area contributed by atoms with E-state index in [-0.39, 0.29) is 11.3 Å². The molecule has 3 nitrogen and oxygen atoms in total. The Morgan fingerprint density at radius 1 is 1.10 bits per heavy atom. The number of aliphatic hydroxyl groups excluding tert-OH is 1. The lowest BCUT2D eigenvalue weighted by atomic mass is 9.97. The Balaban J connectivity index is 2.00. The van der Waals surface area contributed by atoms with E-state index in [9.17, 15) is 13.9 Å². The minimum Gasteiger partial charge on any atom is -0.497 e. The average molecular weight is 292 g/mol. The Bertz CT molecular complexity index is 662. The van der Waals surface area contributed by atoms with Crippen molar-refractivity contribution in [3.05, 3.63) is 64.2 Å². The molecule has 2 aromatic rings. The molecule has 2 aromatic carbocycles. The van der Waals surface area contributed by atoms with Gasteiger partial charge in [-0.15, -0.1) is 0 Å². The molecule has 0 bridgehead atoms. The van der Waals surface area contributed by atoms with E-state index in [0.29, 0.717) is 18.8 Å². The Hall–Kier alpha value is -1.98. The molecule has 0 radical (unpaired) electrons. The van der Waals surface area contributed by atoms with Gasteiger partial charge in [0.05, 0.1) is 25.9 Å². The van der Waals surface area contributed by atoms with Crippen LogP contribution in [0.25, 0.3) is 0 Å². The van der Waals surface area contributed by atoms with Gasteiger partial charge < -0.3 is 14.6 Å². The highest BCUT2D eigenvalue weighted by Crippen LogP contribution is 2.32. The van der Waals surface area contributed by atoms with Crippen LogP contribution >= 0.6 is 0 Å². The molecule has 21 heavy (non-hydrogen) atoms. The summed E-state index contributed by atoms with van der Waals surface area (Å²) in [5.41, 5.74) is 2.01. The number of benzene rings is 2. The smallest absolute Gasteiger partial charge is 0.135 e. The molecule has 1 unspecified atom stereocenters. The normalized spacial score (nSPS) is 14.9. The van der Waals surface area contributed by atoms with Gasteiger partial charge in [-0.2, -0.15) is 0 Å². The Labute approximate surface area is 120 Å². The van der Waals surface area contributed by atoms with Gasteiger partial charge in [0.2, 0.25) is 0 Å². The van der Waals surface area contributed by atoms with E-state index in [0.717, 1.165) is 23.3 Å². The fraction of sp³-hybridized carbons (Fsp3) is 0.250. The van der Waals surface area contributed by atoms with E-state index in [2.05, 4.69) is 0 Å². The minimum absolute atomic E-state index is 0.0725. The minimum atomic E-state index is -1.37. The number of aliphatic hydroxyl groups is 1. The Morgan fingerprint density at radius 2 is 1.76 bits per heavy atom. The maximum Gasteiger partial charge on any atom is 0.135 e. The van der Waals surface area contributed by atoms with Crippen LogP contribution in [-0.4, -0.2) is 12.2 Å². The number of methoxy groups -OCH3 is 1. The van der Waals surface area contributed by atoms with Crippen LogP contribution in [-0.2, 0) is 18.0 Å². The first kappa shape index (κ1) is 14.0. The number of fused-ring (bicyclic) bond motifs is 1. The van der Waals surface area contributed by atoms with Gasteiger partial charge in [-0.1, -0.05) is 18.2 Å². The molecule has 3 rings (SSSR count). The third-order valence-corrected chi connectivity index (χ3v) is 3.62. The summed E-state index contributed by atoms with van der Waals surface area (Å²) >= 11 is 0. The molecule has 1 heterocycles. The predicted molar refractivity (Wildman–Crippen MR) is 71.9 cm³/mol. The number of rotatable bonds is 3. The molecule has 0 amide bonds. The van der Waals surface area contributed by atoms with Gasteiger partial charge in [-0.3, -0.25) is 0 Å². The van der Waals surface area contributed by atoms with E-state index in [1.807, 2.05) is 0 Å². The molecule has 0 aromatic heterocycles. The SMILES string of the molecule is COc1cc(F)c(C(O)c2ccc3c(c2)COC3)c(F)c1. The third kappa shape index (κ3) is 2.50. The molecule has 0 saturated heterocycles. The summed E-state index contributed by atoms with van der Waals surface area (Å²) in [5.74, 6) is -1.60. The van der Waals surface area contributed by atoms with Gasteiger partial charge in [0.1, 0.15) is 23.5 Å². The van der Waals surface area contributed by atoms with E-state index in [1.165, 1.54) is 7.11 Å². The molecule has 0 fully saturated rings. The van der Waals surface area contributed by atoms with Crippen molar-refractivity contribution in [3.8, 4) is 5.75 Å². The first-order chi connectivity index (χ1) is 10.1. The number of hydrogen-bond acceptors (Lipinski definition) is 3. The molecule has 0 aliphatic carbocycles. The number of hydrogen-bond donors (Lipinski definition) is 1. The van der Waals surface area contributed by atoms with Crippen LogP contribution < -0.4 is 4.74 Å². The summed E-state index contributed by atoms with van der Waals surface area (Å²) in [7, 11) is 1.32. The average Bonchev–Trinajstić information content (AvgIpc) is 2.93. The van der Waals surface area contributed by atoms with Crippen molar-refractivity contribution < 1.29 is 23.4 Å². The molecule has 1 aliphatic rings. The first-order valence-electron chi connectivity index (χ1n) is 6.50. The highest BCUT2D eigenvalue weighted by molar-refractivity contribution is 5.40. The van der Waals surface area contributed by atoms with E-state index in [4.69, 9.17) is 9.47 Å². The van der Waals surface area contributed by atoms with Crippen molar-refractivity contribution in [1.82, 2.24) is 0 Å². The standard InChI is InChI=1S/C16H14F2O3/c1-20-12-5-13(17)15(14(18)6-12)16(19)9-2-3-10-7-21-8-11(10)4-9/h2-6,16,19H,7-8H2,1H3. The van der Waals surface area contributed by atoms with Crippen LogP contribution in [0.2, 0.25) is 0 Å². The quantitative estimate of drug-likeness (QED) is 0.945. The zero-order valence-electron chi connectivity index (χ0n) is 11.4. The fourth-order valence-corrected chi connectivity index (χ4v) is 2.47. The largest absolute Gasteiger partial charge is 0.497 e. The molecule has 0 saturated carbocycles. The van der Waals surface area contributed by atoms with E-state index < -0.39 is 17.7 Å². The lowest BCUT2D eigenvalue weighted by molar-refractivity contribution is 0.134. The lowest BCUT2D eigenvalue weighted by Crippen LogP contribution is -2.07. The van der Waals surface area contributed by atoms with Gasteiger partial charge in [-0.25, -0.2) is 8.78 Å². The molecule has 1 atom stereocenters. The van der Waals surface area contributed by atoms with Crippen molar-refractivity contribution in [2.45, 2.75) is 19.3 Å². The maximum atomic E-state index is 14.0. The summed E-state index contributed by atoms with van der Waals surface area (Å²) in [4.78, 5) is 0. The molecular formula is C16H14F2O3. The zero-order chi connectivity index (χ0) is 15.0. The van der Waals surface area contributed by atoms with Crippen molar-refractivity contribution >= 4 is 0 Å². The van der Waals surface area contributed by atoms with Crippen molar-refractivity contribution in [1.29, 1.82) is 0 Å². The molecule has 110 valence electrons. The van der Waals surface area contributed by atoms with Crippen LogP contribution in [0, 0.1) is 11.6 Å². The van der Waals surface area contributed by atoms with Crippen molar-refractivity contribution in [2.24, 2.45) is 0 Å².